The van der Waals surface area contributed by atoms with Gasteiger partial charge in [0.2, 0.25) is 0 Å². The van der Waals surface area contributed by atoms with Crippen LogP contribution in [0.3, 0.4) is 0 Å². The van der Waals surface area contributed by atoms with Crippen LogP contribution >= 0.6 is 0 Å². The summed E-state index contributed by atoms with van der Waals surface area (Å²) in [4.78, 5) is 0. The molecular formula is C13H22O2. The Morgan fingerprint density at radius 1 is 1.00 bits per heavy atom. The molecule has 86 valence electrons. The third-order valence-corrected chi connectivity index (χ3v) is 5.38. The van der Waals surface area contributed by atoms with E-state index in [1.165, 1.54) is 19.3 Å². The number of aliphatic hydroxyl groups is 2. The lowest BCUT2D eigenvalue weighted by atomic mass is 9.47. The van der Waals surface area contributed by atoms with Gasteiger partial charge in [0.25, 0.3) is 0 Å². The molecule has 4 aliphatic carbocycles. The van der Waals surface area contributed by atoms with Crippen molar-refractivity contribution in [1.29, 1.82) is 0 Å². The second-order valence-electron chi connectivity index (χ2n) is 6.37. The predicted octanol–water partition coefficient (Wildman–Crippen LogP) is 2.29. The highest BCUT2D eigenvalue weighted by Gasteiger charge is 2.59. The van der Waals surface area contributed by atoms with Crippen LogP contribution in [-0.4, -0.2) is 16.0 Å². The van der Waals surface area contributed by atoms with Gasteiger partial charge in [-0.25, -0.2) is 0 Å². The molecule has 4 fully saturated rings. The maximum absolute atomic E-state index is 10.2. The van der Waals surface area contributed by atoms with Gasteiger partial charge in [-0.1, -0.05) is 6.92 Å². The van der Waals surface area contributed by atoms with Crippen LogP contribution in [0.5, 0.6) is 0 Å². The second kappa shape index (κ2) is 2.98. The van der Waals surface area contributed by atoms with Crippen molar-refractivity contribution in [3.8, 4) is 0 Å². The van der Waals surface area contributed by atoms with E-state index in [0.717, 1.165) is 37.0 Å². The fourth-order valence-electron chi connectivity index (χ4n) is 4.98. The van der Waals surface area contributed by atoms with Crippen molar-refractivity contribution in [1.82, 2.24) is 0 Å². The molecule has 0 aromatic heterocycles. The highest BCUT2D eigenvalue weighted by atomic mass is 16.5. The summed E-state index contributed by atoms with van der Waals surface area (Å²) in [5.41, 5.74) is -0.142. The minimum absolute atomic E-state index is 0.142. The van der Waals surface area contributed by atoms with Crippen LogP contribution in [0.25, 0.3) is 0 Å². The van der Waals surface area contributed by atoms with Crippen LogP contribution in [0.1, 0.15) is 51.9 Å². The summed E-state index contributed by atoms with van der Waals surface area (Å²) in [5, 5.41) is 20.5. The van der Waals surface area contributed by atoms with Gasteiger partial charge < -0.3 is 10.2 Å². The van der Waals surface area contributed by atoms with Gasteiger partial charge in [0.05, 0.1) is 0 Å². The molecule has 0 amide bonds. The smallest absolute Gasteiger partial charge is 0.167 e. The lowest BCUT2D eigenvalue weighted by molar-refractivity contribution is -0.287. The van der Waals surface area contributed by atoms with Crippen molar-refractivity contribution in [2.24, 2.45) is 23.2 Å². The van der Waals surface area contributed by atoms with Crippen LogP contribution < -0.4 is 0 Å². The van der Waals surface area contributed by atoms with Gasteiger partial charge in [-0.3, -0.25) is 0 Å². The first-order valence-corrected chi connectivity index (χ1v) is 6.49. The fraction of sp³-hybridized carbons (Fsp3) is 1.00. The Morgan fingerprint density at radius 3 is 1.73 bits per heavy atom. The summed E-state index contributed by atoms with van der Waals surface area (Å²) in [5.74, 6) is 0.979. The largest absolute Gasteiger partial charge is 0.365 e. The van der Waals surface area contributed by atoms with Crippen LogP contribution in [0.2, 0.25) is 0 Å². The van der Waals surface area contributed by atoms with E-state index in [1.807, 2.05) is 6.92 Å². The minimum Gasteiger partial charge on any atom is -0.365 e. The van der Waals surface area contributed by atoms with E-state index in [1.54, 1.807) is 0 Å². The van der Waals surface area contributed by atoms with E-state index < -0.39 is 5.79 Å². The third kappa shape index (κ3) is 1.31. The molecule has 4 rings (SSSR count). The maximum Gasteiger partial charge on any atom is 0.167 e. The van der Waals surface area contributed by atoms with Gasteiger partial charge >= 0.3 is 0 Å². The molecule has 0 aromatic rings. The van der Waals surface area contributed by atoms with Crippen molar-refractivity contribution < 1.29 is 10.2 Å². The van der Waals surface area contributed by atoms with E-state index >= 15 is 0 Å². The first kappa shape index (κ1) is 10.1. The topological polar surface area (TPSA) is 40.5 Å². The van der Waals surface area contributed by atoms with Crippen LogP contribution in [0.15, 0.2) is 0 Å². The molecule has 4 saturated carbocycles. The van der Waals surface area contributed by atoms with Gasteiger partial charge in [-0.05, 0) is 62.7 Å². The molecule has 0 aromatic carbocycles. The quantitative estimate of drug-likeness (QED) is 0.687. The number of rotatable bonds is 2. The first-order chi connectivity index (χ1) is 7.05. The van der Waals surface area contributed by atoms with E-state index in [2.05, 4.69) is 0 Å². The molecule has 2 nitrogen and oxygen atoms in total. The van der Waals surface area contributed by atoms with E-state index in [-0.39, 0.29) is 5.41 Å². The SMILES string of the molecule is CCC(O)(O)C12CC3CC(CC(C3)C1)C2. The van der Waals surface area contributed by atoms with E-state index in [9.17, 15) is 10.2 Å². The molecule has 0 aliphatic heterocycles. The molecule has 0 saturated heterocycles. The summed E-state index contributed by atoms with van der Waals surface area (Å²) < 4.78 is 0. The molecular weight excluding hydrogens is 188 g/mol. The third-order valence-electron chi connectivity index (χ3n) is 5.38. The fourth-order valence-corrected chi connectivity index (χ4v) is 4.98. The average molecular weight is 210 g/mol. The predicted molar refractivity (Wildman–Crippen MR) is 58.1 cm³/mol. The van der Waals surface area contributed by atoms with Crippen molar-refractivity contribution in [3.63, 3.8) is 0 Å². The summed E-state index contributed by atoms with van der Waals surface area (Å²) in [6.07, 6.45) is 7.77. The van der Waals surface area contributed by atoms with Gasteiger partial charge in [0.1, 0.15) is 0 Å². The summed E-state index contributed by atoms with van der Waals surface area (Å²) >= 11 is 0. The van der Waals surface area contributed by atoms with Crippen molar-refractivity contribution in [2.45, 2.75) is 57.7 Å². The van der Waals surface area contributed by atoms with E-state index in [4.69, 9.17) is 0 Å². The van der Waals surface area contributed by atoms with Crippen LogP contribution in [-0.2, 0) is 0 Å². The normalized spacial score (nSPS) is 48.6. The van der Waals surface area contributed by atoms with E-state index in [0.29, 0.717) is 6.42 Å². The lowest BCUT2D eigenvalue weighted by Gasteiger charge is -2.60. The molecule has 0 radical (unpaired) electrons. The number of hydrogen-bond donors (Lipinski definition) is 2. The molecule has 15 heavy (non-hydrogen) atoms. The molecule has 0 unspecified atom stereocenters. The zero-order valence-corrected chi connectivity index (χ0v) is 9.58. The molecule has 2 N–H and O–H groups in total. The Hall–Kier alpha value is -0.0800. The number of hydrogen-bond acceptors (Lipinski definition) is 2. The van der Waals surface area contributed by atoms with Gasteiger partial charge in [-0.15, -0.1) is 0 Å². The second-order valence-corrected chi connectivity index (χ2v) is 6.37. The first-order valence-electron chi connectivity index (χ1n) is 6.49. The summed E-state index contributed by atoms with van der Waals surface area (Å²) in [6, 6.07) is 0. The highest BCUT2D eigenvalue weighted by Crippen LogP contribution is 2.63. The van der Waals surface area contributed by atoms with Gasteiger partial charge in [0, 0.05) is 5.41 Å². The zero-order chi connectivity index (χ0) is 10.7. The lowest BCUT2D eigenvalue weighted by Crippen LogP contribution is -2.58. The molecule has 0 spiro atoms. The minimum atomic E-state index is -1.40. The van der Waals surface area contributed by atoms with Crippen LogP contribution in [0.4, 0.5) is 0 Å². The van der Waals surface area contributed by atoms with Crippen LogP contribution in [0, 0.1) is 23.2 Å². The summed E-state index contributed by atoms with van der Waals surface area (Å²) in [6.45, 7) is 1.90. The summed E-state index contributed by atoms with van der Waals surface area (Å²) in [7, 11) is 0. The standard InChI is InChI=1S/C13H22O2/c1-2-13(14,15)12-6-9-3-10(7-12)5-11(4-9)8-12/h9-11,14-15H,2-8H2,1H3. The maximum atomic E-state index is 10.2. The Kier molecular flexibility index (Phi) is 2.01. The Bertz CT molecular complexity index is 234. The van der Waals surface area contributed by atoms with Crippen molar-refractivity contribution in [3.05, 3.63) is 0 Å². The molecule has 0 heterocycles. The Labute approximate surface area is 91.7 Å². The van der Waals surface area contributed by atoms with Gasteiger partial charge in [0.15, 0.2) is 5.79 Å². The van der Waals surface area contributed by atoms with Crippen molar-refractivity contribution >= 4 is 0 Å². The van der Waals surface area contributed by atoms with Gasteiger partial charge in [-0.2, -0.15) is 0 Å². The Balaban J connectivity index is 1.93. The molecule has 2 heteroatoms. The Morgan fingerprint density at radius 2 is 1.40 bits per heavy atom. The monoisotopic (exact) mass is 210 g/mol. The zero-order valence-electron chi connectivity index (χ0n) is 9.58. The highest BCUT2D eigenvalue weighted by molar-refractivity contribution is 5.06. The molecule has 4 aliphatic rings. The van der Waals surface area contributed by atoms with Crippen molar-refractivity contribution in [2.75, 3.05) is 0 Å². The molecule has 4 bridgehead atoms. The average Bonchev–Trinajstić information content (AvgIpc) is 2.15. The molecule has 0 atom stereocenters.